The first kappa shape index (κ1) is 27.2. The van der Waals surface area contributed by atoms with Crippen molar-refractivity contribution in [3.05, 3.63) is 101 Å². The Morgan fingerprint density at radius 1 is 0.974 bits per heavy atom. The van der Waals surface area contributed by atoms with Crippen LogP contribution in [0.5, 0.6) is 11.5 Å². The van der Waals surface area contributed by atoms with Gasteiger partial charge in [0.15, 0.2) is 0 Å². The molecule has 1 aliphatic rings. The zero-order valence-corrected chi connectivity index (χ0v) is 23.0. The third-order valence-electron chi connectivity index (χ3n) is 6.68. The minimum absolute atomic E-state index is 0.146. The van der Waals surface area contributed by atoms with Crippen LogP contribution in [-0.2, 0) is 21.6 Å². The van der Waals surface area contributed by atoms with E-state index in [9.17, 15) is 9.59 Å². The summed E-state index contributed by atoms with van der Waals surface area (Å²) in [7, 11) is 0. The Morgan fingerprint density at radius 2 is 1.66 bits per heavy atom. The molecule has 0 saturated carbocycles. The Kier molecular flexibility index (Phi) is 7.77. The van der Waals surface area contributed by atoms with Crippen molar-refractivity contribution in [2.45, 2.75) is 71.5 Å². The monoisotopic (exact) mass is 512 g/mol. The molecule has 0 aliphatic carbocycles. The minimum atomic E-state index is -0.423. The molecule has 0 fully saturated rings. The fraction of sp³-hybridized carbons (Fsp3) is 0.333. The Balaban J connectivity index is 1.44. The van der Waals surface area contributed by atoms with Gasteiger partial charge in [0.05, 0.1) is 5.56 Å². The summed E-state index contributed by atoms with van der Waals surface area (Å²) in [6.45, 7) is 13.0. The second-order valence-electron chi connectivity index (χ2n) is 11.4. The summed E-state index contributed by atoms with van der Waals surface area (Å²) in [6, 6.07) is 20.3. The number of rotatable bonds is 7. The number of ether oxygens (including phenoxy) is 3. The van der Waals surface area contributed by atoms with Gasteiger partial charge >= 0.3 is 11.9 Å². The van der Waals surface area contributed by atoms with Gasteiger partial charge in [0.1, 0.15) is 23.7 Å². The number of carbonyl (C=O) groups is 2. The van der Waals surface area contributed by atoms with Gasteiger partial charge in [-0.05, 0) is 78.6 Å². The molecule has 0 aromatic heterocycles. The van der Waals surface area contributed by atoms with Gasteiger partial charge in [-0.25, -0.2) is 9.59 Å². The lowest BCUT2D eigenvalue weighted by atomic mass is 9.72. The molecule has 0 N–H and O–H groups in total. The summed E-state index contributed by atoms with van der Waals surface area (Å²) in [5.74, 6) is 0.665. The highest BCUT2D eigenvalue weighted by molar-refractivity contribution is 5.92. The molecule has 0 spiro atoms. The van der Waals surface area contributed by atoms with E-state index in [-0.39, 0.29) is 23.5 Å². The van der Waals surface area contributed by atoms with Gasteiger partial charge in [-0.2, -0.15) is 0 Å². The van der Waals surface area contributed by atoms with Crippen LogP contribution in [0.1, 0.15) is 86.5 Å². The smallest absolute Gasteiger partial charge is 0.343 e. The molecule has 38 heavy (non-hydrogen) atoms. The second-order valence-corrected chi connectivity index (χ2v) is 11.4. The molecule has 3 aromatic rings. The van der Waals surface area contributed by atoms with E-state index in [0.717, 1.165) is 34.4 Å². The van der Waals surface area contributed by atoms with E-state index in [4.69, 9.17) is 14.2 Å². The molecule has 5 heteroatoms. The van der Waals surface area contributed by atoms with Crippen LogP contribution < -0.4 is 9.47 Å². The van der Waals surface area contributed by atoms with Crippen LogP contribution in [0.3, 0.4) is 0 Å². The molecule has 0 atom stereocenters. The number of hydrogen-bond acceptors (Lipinski definition) is 5. The molecule has 3 aromatic carbocycles. The molecule has 1 heterocycles. The number of benzene rings is 3. The first-order chi connectivity index (χ1) is 17.9. The maximum atomic E-state index is 13.2. The topological polar surface area (TPSA) is 61.8 Å². The van der Waals surface area contributed by atoms with Crippen LogP contribution in [0, 0.1) is 0 Å². The molecular formula is C33H36O5. The van der Waals surface area contributed by atoms with Crippen LogP contribution >= 0.6 is 0 Å². The molecule has 0 amide bonds. The molecule has 0 radical (unpaired) electrons. The normalized spacial score (nSPS) is 15.6. The van der Waals surface area contributed by atoms with Gasteiger partial charge < -0.3 is 14.2 Å². The van der Waals surface area contributed by atoms with Gasteiger partial charge in [-0.3, -0.25) is 0 Å². The maximum absolute atomic E-state index is 13.2. The van der Waals surface area contributed by atoms with Crippen molar-refractivity contribution in [2.24, 2.45) is 0 Å². The zero-order valence-electron chi connectivity index (χ0n) is 23.0. The average Bonchev–Trinajstić information content (AvgIpc) is 2.86. The van der Waals surface area contributed by atoms with E-state index in [1.807, 2.05) is 42.5 Å². The second kappa shape index (κ2) is 10.9. The lowest BCUT2D eigenvalue weighted by Gasteiger charge is -2.43. The Bertz CT molecular complexity index is 1330. The molecule has 5 nitrogen and oxygen atoms in total. The first-order valence-corrected chi connectivity index (χ1v) is 13.0. The number of hydrogen-bond donors (Lipinski definition) is 0. The highest BCUT2D eigenvalue weighted by Crippen LogP contribution is 2.48. The minimum Gasteiger partial charge on any atom is -0.487 e. The van der Waals surface area contributed by atoms with Gasteiger partial charge in [-0.1, -0.05) is 70.2 Å². The number of esters is 2. The van der Waals surface area contributed by atoms with Crippen molar-refractivity contribution in [2.75, 3.05) is 0 Å². The zero-order chi connectivity index (χ0) is 27.5. The van der Waals surface area contributed by atoms with E-state index in [2.05, 4.69) is 41.5 Å². The van der Waals surface area contributed by atoms with Crippen molar-refractivity contribution in [1.82, 2.24) is 0 Å². The van der Waals surface area contributed by atoms with E-state index in [1.165, 1.54) is 6.08 Å². The van der Waals surface area contributed by atoms with Gasteiger partial charge in [0.25, 0.3) is 0 Å². The number of fused-ring (bicyclic) bond motifs is 1. The lowest BCUT2D eigenvalue weighted by molar-refractivity contribution is -0.138. The molecular weight excluding hydrogens is 476 g/mol. The highest BCUT2D eigenvalue weighted by atomic mass is 16.5. The van der Waals surface area contributed by atoms with Crippen LogP contribution in [0.15, 0.2) is 72.8 Å². The largest absolute Gasteiger partial charge is 0.487 e. The number of carbonyl (C=O) groups excluding carboxylic acids is 2. The summed E-state index contributed by atoms with van der Waals surface area (Å²) >= 11 is 0. The van der Waals surface area contributed by atoms with Gasteiger partial charge in [-0.15, -0.1) is 0 Å². The van der Waals surface area contributed by atoms with Crippen molar-refractivity contribution in [3.63, 3.8) is 0 Å². The van der Waals surface area contributed by atoms with Crippen LogP contribution in [0.4, 0.5) is 0 Å². The standard InChI is InChI=1S/C33H36O5/c1-22(2)27-18-25(19-28-30(27)38-33(5,6)21-32(28,3)4)31(35)37-26-15-12-23(13-16-26)14-17-29(34)36-20-24-10-8-7-9-11-24/h7-19,22H,20-21H2,1-6H3. The van der Waals surface area contributed by atoms with Crippen molar-refractivity contribution in [1.29, 1.82) is 0 Å². The fourth-order valence-electron chi connectivity index (χ4n) is 5.04. The molecule has 4 rings (SSSR count). The van der Waals surface area contributed by atoms with Crippen molar-refractivity contribution < 1.29 is 23.8 Å². The van der Waals surface area contributed by atoms with E-state index in [0.29, 0.717) is 11.3 Å². The van der Waals surface area contributed by atoms with Crippen molar-refractivity contribution >= 4 is 18.0 Å². The Morgan fingerprint density at radius 3 is 2.32 bits per heavy atom. The first-order valence-electron chi connectivity index (χ1n) is 13.0. The third kappa shape index (κ3) is 6.52. The molecule has 1 aliphatic heterocycles. The van der Waals surface area contributed by atoms with Crippen molar-refractivity contribution in [3.8, 4) is 11.5 Å². The summed E-state index contributed by atoms with van der Waals surface area (Å²) in [5.41, 5.74) is 3.85. The predicted octanol–water partition coefficient (Wildman–Crippen LogP) is 7.62. The van der Waals surface area contributed by atoms with E-state index in [1.54, 1.807) is 30.3 Å². The summed E-state index contributed by atoms with van der Waals surface area (Å²) < 4.78 is 17.4. The molecule has 198 valence electrons. The predicted molar refractivity (Wildman–Crippen MR) is 150 cm³/mol. The lowest BCUT2D eigenvalue weighted by Crippen LogP contribution is -2.42. The Labute approximate surface area is 225 Å². The van der Waals surface area contributed by atoms with E-state index < -0.39 is 11.9 Å². The molecule has 0 saturated heterocycles. The summed E-state index contributed by atoms with van der Waals surface area (Å²) in [6.07, 6.45) is 3.90. The summed E-state index contributed by atoms with van der Waals surface area (Å²) in [5, 5.41) is 0. The average molecular weight is 513 g/mol. The molecule has 0 unspecified atom stereocenters. The third-order valence-corrected chi connectivity index (χ3v) is 6.68. The maximum Gasteiger partial charge on any atom is 0.343 e. The fourth-order valence-corrected chi connectivity index (χ4v) is 5.04. The SMILES string of the molecule is CC(C)c1cc(C(=O)Oc2ccc(C=CC(=O)OCc3ccccc3)cc2)cc2c1OC(C)(C)CC2(C)C. The Hall–Kier alpha value is -3.86. The van der Waals surface area contributed by atoms with Crippen LogP contribution in [0.2, 0.25) is 0 Å². The van der Waals surface area contributed by atoms with Gasteiger partial charge in [0, 0.05) is 11.6 Å². The van der Waals surface area contributed by atoms with Gasteiger partial charge in [0.2, 0.25) is 0 Å². The molecule has 0 bridgehead atoms. The van der Waals surface area contributed by atoms with Crippen LogP contribution in [0.25, 0.3) is 6.08 Å². The highest BCUT2D eigenvalue weighted by Gasteiger charge is 2.41. The van der Waals surface area contributed by atoms with Crippen LogP contribution in [-0.4, -0.2) is 17.5 Å². The quantitative estimate of drug-likeness (QED) is 0.185. The van der Waals surface area contributed by atoms with E-state index >= 15 is 0 Å². The summed E-state index contributed by atoms with van der Waals surface area (Å²) in [4.78, 5) is 25.2.